The van der Waals surface area contributed by atoms with Gasteiger partial charge in [-0.25, -0.2) is 4.79 Å². The summed E-state index contributed by atoms with van der Waals surface area (Å²) in [5.41, 5.74) is 5.90. The minimum absolute atomic E-state index is 0.125. The van der Waals surface area contributed by atoms with Gasteiger partial charge in [0.1, 0.15) is 0 Å². The van der Waals surface area contributed by atoms with E-state index in [-0.39, 0.29) is 30.6 Å². The largest absolute Gasteiger partial charge is 0.335 e. The van der Waals surface area contributed by atoms with Crippen LogP contribution in [0.25, 0.3) is 0 Å². The number of amides is 3. The number of nitrogens with one attached hydrogen (secondary N) is 2. The van der Waals surface area contributed by atoms with E-state index in [9.17, 15) is 9.59 Å². The number of rotatable bonds is 3. The molecule has 0 aromatic carbocycles. The van der Waals surface area contributed by atoms with E-state index in [0.717, 1.165) is 38.8 Å². The molecule has 1 heterocycles. The van der Waals surface area contributed by atoms with Crippen molar-refractivity contribution in [3.63, 3.8) is 0 Å². The molecule has 6 heteroatoms. The Bertz CT molecular complexity index is 332. The molecule has 1 saturated carbocycles. The average Bonchev–Trinajstić information content (AvgIpc) is 2.90. The lowest BCUT2D eigenvalue weighted by molar-refractivity contribution is -0.120. The lowest BCUT2D eigenvalue weighted by Crippen LogP contribution is -2.47. The molecular formula is C13H24N4O2. The van der Waals surface area contributed by atoms with Crippen molar-refractivity contribution in [3.05, 3.63) is 0 Å². The van der Waals surface area contributed by atoms with Crippen LogP contribution in [0, 0.1) is 5.92 Å². The fourth-order valence-electron chi connectivity index (χ4n) is 2.89. The Morgan fingerprint density at radius 3 is 2.53 bits per heavy atom. The molecule has 3 amide bonds. The van der Waals surface area contributed by atoms with Crippen molar-refractivity contribution >= 4 is 11.9 Å². The van der Waals surface area contributed by atoms with Crippen LogP contribution in [0.3, 0.4) is 0 Å². The van der Waals surface area contributed by atoms with E-state index in [4.69, 9.17) is 5.73 Å². The maximum absolute atomic E-state index is 11.7. The number of carbonyl (C=O) groups is 2. The summed E-state index contributed by atoms with van der Waals surface area (Å²) in [6.45, 7) is 3.86. The van der Waals surface area contributed by atoms with Crippen molar-refractivity contribution in [1.82, 2.24) is 15.5 Å². The number of imide groups is 1. The number of urea groups is 1. The van der Waals surface area contributed by atoms with Crippen LogP contribution in [0.15, 0.2) is 0 Å². The first-order valence-electron chi connectivity index (χ1n) is 7.13. The average molecular weight is 268 g/mol. The lowest BCUT2D eigenvalue weighted by Gasteiger charge is -2.16. The van der Waals surface area contributed by atoms with Gasteiger partial charge in [-0.1, -0.05) is 19.8 Å². The van der Waals surface area contributed by atoms with Gasteiger partial charge in [-0.15, -0.1) is 0 Å². The lowest BCUT2D eigenvalue weighted by atomic mass is 10.1. The fourth-order valence-corrected chi connectivity index (χ4v) is 2.89. The second-order valence-electron chi connectivity index (χ2n) is 5.84. The van der Waals surface area contributed by atoms with Crippen LogP contribution in [0.2, 0.25) is 0 Å². The highest BCUT2D eigenvalue weighted by Gasteiger charge is 2.28. The Balaban J connectivity index is 1.67. The first kappa shape index (κ1) is 14.3. The van der Waals surface area contributed by atoms with E-state index in [1.807, 2.05) is 4.90 Å². The van der Waals surface area contributed by atoms with E-state index in [1.165, 1.54) is 0 Å². The molecule has 2 aliphatic rings. The molecule has 0 aromatic rings. The van der Waals surface area contributed by atoms with Crippen LogP contribution < -0.4 is 16.4 Å². The highest BCUT2D eigenvalue weighted by Crippen LogP contribution is 2.17. The van der Waals surface area contributed by atoms with Crippen molar-refractivity contribution in [2.75, 3.05) is 19.6 Å². The Kier molecular flexibility index (Phi) is 4.76. The number of hydrogen-bond acceptors (Lipinski definition) is 4. The predicted molar refractivity (Wildman–Crippen MR) is 72.5 cm³/mol. The van der Waals surface area contributed by atoms with Gasteiger partial charge in [0.25, 0.3) is 0 Å². The second kappa shape index (κ2) is 6.34. The molecule has 19 heavy (non-hydrogen) atoms. The Hall–Kier alpha value is -1.14. The van der Waals surface area contributed by atoms with E-state index < -0.39 is 0 Å². The molecule has 0 spiro atoms. The number of nitrogens with zero attached hydrogens (tertiary/aromatic N) is 1. The SMILES string of the molecule is CC1CN(CC(=O)NC(=O)NC2CCCC2)CC1N. The quantitative estimate of drug-likeness (QED) is 0.674. The third kappa shape index (κ3) is 4.18. The monoisotopic (exact) mass is 268 g/mol. The predicted octanol–water partition coefficient (Wildman–Crippen LogP) is 0.0338. The third-order valence-electron chi connectivity index (χ3n) is 4.06. The smallest absolute Gasteiger partial charge is 0.321 e. The Labute approximate surface area is 114 Å². The van der Waals surface area contributed by atoms with Gasteiger partial charge in [-0.3, -0.25) is 15.0 Å². The molecule has 1 saturated heterocycles. The Morgan fingerprint density at radius 1 is 1.26 bits per heavy atom. The van der Waals surface area contributed by atoms with Crippen LogP contribution in [-0.4, -0.2) is 48.6 Å². The van der Waals surface area contributed by atoms with Gasteiger partial charge in [0.2, 0.25) is 5.91 Å². The maximum Gasteiger partial charge on any atom is 0.321 e. The molecule has 6 nitrogen and oxygen atoms in total. The van der Waals surface area contributed by atoms with Crippen LogP contribution >= 0.6 is 0 Å². The molecule has 0 aromatic heterocycles. The second-order valence-corrected chi connectivity index (χ2v) is 5.84. The number of nitrogens with two attached hydrogens (primary N) is 1. The van der Waals surface area contributed by atoms with Gasteiger partial charge in [0.05, 0.1) is 6.54 Å². The number of carbonyl (C=O) groups excluding carboxylic acids is 2. The first-order valence-corrected chi connectivity index (χ1v) is 7.13. The number of hydrogen-bond donors (Lipinski definition) is 3. The van der Waals surface area contributed by atoms with E-state index >= 15 is 0 Å². The van der Waals surface area contributed by atoms with Crippen molar-refractivity contribution < 1.29 is 9.59 Å². The van der Waals surface area contributed by atoms with Gasteiger partial charge in [0, 0.05) is 25.2 Å². The summed E-state index contributed by atoms with van der Waals surface area (Å²) in [7, 11) is 0. The van der Waals surface area contributed by atoms with Crippen molar-refractivity contribution in [1.29, 1.82) is 0 Å². The Morgan fingerprint density at radius 2 is 1.95 bits per heavy atom. The van der Waals surface area contributed by atoms with Gasteiger partial charge >= 0.3 is 6.03 Å². The summed E-state index contributed by atoms with van der Waals surface area (Å²) in [5.74, 6) is 0.150. The van der Waals surface area contributed by atoms with Crippen molar-refractivity contribution in [2.45, 2.75) is 44.7 Å². The zero-order valence-electron chi connectivity index (χ0n) is 11.5. The van der Waals surface area contributed by atoms with E-state index in [1.54, 1.807) is 0 Å². The molecule has 1 aliphatic heterocycles. The molecule has 4 N–H and O–H groups in total. The minimum atomic E-state index is -0.367. The maximum atomic E-state index is 11.7. The van der Waals surface area contributed by atoms with Gasteiger partial charge in [-0.05, 0) is 18.8 Å². The highest BCUT2D eigenvalue weighted by atomic mass is 16.2. The topological polar surface area (TPSA) is 87.5 Å². The summed E-state index contributed by atoms with van der Waals surface area (Å²) in [5, 5.41) is 5.23. The van der Waals surface area contributed by atoms with Crippen molar-refractivity contribution in [3.8, 4) is 0 Å². The molecule has 2 atom stereocenters. The van der Waals surface area contributed by atoms with Gasteiger partial charge in [0.15, 0.2) is 0 Å². The van der Waals surface area contributed by atoms with Crippen LogP contribution in [0.5, 0.6) is 0 Å². The summed E-state index contributed by atoms with van der Waals surface area (Å²) in [6.07, 6.45) is 4.34. The molecule has 1 aliphatic carbocycles. The normalized spacial score (nSPS) is 28.5. The van der Waals surface area contributed by atoms with Crippen LogP contribution in [0.4, 0.5) is 4.79 Å². The summed E-state index contributed by atoms with van der Waals surface area (Å²) < 4.78 is 0. The molecular weight excluding hydrogens is 244 g/mol. The fraction of sp³-hybridized carbons (Fsp3) is 0.846. The minimum Gasteiger partial charge on any atom is -0.335 e. The van der Waals surface area contributed by atoms with E-state index in [0.29, 0.717) is 5.92 Å². The molecule has 0 radical (unpaired) electrons. The van der Waals surface area contributed by atoms with Gasteiger partial charge < -0.3 is 11.1 Å². The summed E-state index contributed by atoms with van der Waals surface area (Å²) >= 11 is 0. The summed E-state index contributed by atoms with van der Waals surface area (Å²) in [6, 6.07) is -0.0124. The van der Waals surface area contributed by atoms with Crippen LogP contribution in [0.1, 0.15) is 32.6 Å². The molecule has 2 unspecified atom stereocenters. The van der Waals surface area contributed by atoms with E-state index in [2.05, 4.69) is 17.6 Å². The zero-order chi connectivity index (χ0) is 13.8. The van der Waals surface area contributed by atoms with Gasteiger partial charge in [-0.2, -0.15) is 0 Å². The first-order chi connectivity index (χ1) is 9.04. The van der Waals surface area contributed by atoms with Crippen molar-refractivity contribution in [2.24, 2.45) is 11.7 Å². The molecule has 2 fully saturated rings. The third-order valence-corrected chi connectivity index (χ3v) is 4.06. The molecule has 2 rings (SSSR count). The summed E-state index contributed by atoms with van der Waals surface area (Å²) in [4.78, 5) is 25.4. The highest BCUT2D eigenvalue weighted by molar-refractivity contribution is 5.95. The standard InChI is InChI=1S/C13H24N4O2/c1-9-6-17(7-11(9)14)8-12(18)16-13(19)15-10-4-2-3-5-10/h9-11H,2-8,14H2,1H3,(H2,15,16,18,19). The number of likely N-dealkylation sites (tertiary alicyclic amines) is 1. The zero-order valence-corrected chi connectivity index (χ0v) is 11.5. The van der Waals surface area contributed by atoms with Crippen LogP contribution in [-0.2, 0) is 4.79 Å². The molecule has 0 bridgehead atoms. The molecule has 108 valence electrons.